The molecule has 120 heavy (non-hydrogen) atoms. The number of ether oxygens (including phenoxy) is 6. The van der Waals surface area contributed by atoms with E-state index in [9.17, 15) is 30.6 Å². The monoisotopic (exact) mass is 2020 g/mol. The molecule has 24 nitrogen and oxygen atoms in total. The number of rotatable bonds is 63. The smallest absolute Gasteiger partial charge is 0.315 e. The highest BCUT2D eigenvalue weighted by molar-refractivity contribution is 6.92. The fourth-order valence-corrected chi connectivity index (χ4v) is 95.0. The lowest BCUT2D eigenvalue weighted by Gasteiger charge is -2.43. The average Bonchev–Trinajstić information content (AvgIpc) is 0.822. The summed E-state index contributed by atoms with van der Waals surface area (Å²) in [5, 5.41) is 60.6. The number of hydrogen-bond acceptors (Lipinski definition) is 24. The Balaban J connectivity index is -0.00000171. The molecule has 0 saturated carbocycles. The molecule has 0 aromatic heterocycles. The van der Waals surface area contributed by atoms with E-state index in [0.29, 0.717) is 39.6 Å². The molecule has 6 N–H and O–H groups in total. The van der Waals surface area contributed by atoms with E-state index in [2.05, 4.69) is 317 Å². The number of aliphatic hydroxyl groups is 6. The van der Waals surface area contributed by atoms with Gasteiger partial charge in [-0.25, -0.2) is 0 Å². The van der Waals surface area contributed by atoms with Crippen LogP contribution in [0.25, 0.3) is 0 Å². The quantitative estimate of drug-likeness (QED) is 0.0244. The molecule has 0 aliphatic rings. The molecule has 2 unspecified atom stereocenters. The van der Waals surface area contributed by atoms with Crippen LogP contribution in [-0.4, -0.2) is 298 Å². The van der Waals surface area contributed by atoms with E-state index in [4.69, 9.17) is 77.8 Å². The zero-order valence-corrected chi connectivity index (χ0v) is 105. The SMILES string of the molecule is CC(C)(CO[C@@H](CO)[C@@H](CO)OCC(C)(C)C[Si](C)(O[Si](C)(C)C)O[Si](C)(C)C)C[Si](C)(O[Si](C)(C)C)O[Si](C)(C)C.CC(CO[C@@H](CO)[C@@H](CO)OCC(C)C[Si](C)(O[Si](C)(C)C)O[Si](C)(C)C)C[Si](C)(O[Si](C)(C)C)O[Si](C)(C)C.C[Si](C)(C)O[Si](C)(C)O[Si](C)(C)CCCO[C@@H](CO)[C@@H](CO)OCCC[Si](C)(C)O[Si](C)(C)O[Si](C)(C)C. The predicted molar refractivity (Wildman–Crippen MR) is 548 cm³/mol. The van der Waals surface area contributed by atoms with Crippen molar-refractivity contribution < 1.29 is 108 Å². The molecule has 42 heteroatoms. The number of aliphatic hydroxyl groups excluding tert-OH is 6. The van der Waals surface area contributed by atoms with Crippen molar-refractivity contribution in [1.29, 1.82) is 0 Å². The van der Waals surface area contributed by atoms with Crippen molar-refractivity contribution in [3.63, 3.8) is 0 Å². The van der Waals surface area contributed by atoms with Gasteiger partial charge in [0.2, 0.25) is 0 Å². The summed E-state index contributed by atoms with van der Waals surface area (Å²) >= 11 is 0. The highest BCUT2D eigenvalue weighted by Gasteiger charge is 2.49. The molecule has 0 aromatic carbocycles. The summed E-state index contributed by atoms with van der Waals surface area (Å²) in [5.41, 5.74) is -0.495. The molecule has 8 atom stereocenters. The van der Waals surface area contributed by atoms with Crippen LogP contribution >= 0.6 is 0 Å². The van der Waals surface area contributed by atoms with Crippen LogP contribution in [0.1, 0.15) is 54.4 Å². The van der Waals surface area contributed by atoms with Gasteiger partial charge >= 0.3 is 51.4 Å². The van der Waals surface area contributed by atoms with Gasteiger partial charge in [0.1, 0.15) is 36.6 Å². The fourth-order valence-electron chi connectivity index (χ4n) is 16.1. The average molecular weight is 2030 g/mol. The second-order valence-electron chi connectivity index (χ2n) is 48.1. The maximum absolute atomic E-state index is 10.3. The number of hydrogen-bond donors (Lipinski definition) is 6. The Kier molecular flexibility index (Phi) is 55.2. The molecule has 0 amide bonds. The van der Waals surface area contributed by atoms with Crippen molar-refractivity contribution in [3.05, 3.63) is 0 Å². The van der Waals surface area contributed by atoms with Crippen molar-refractivity contribution in [3.8, 4) is 0 Å². The third-order valence-corrected chi connectivity index (χ3v) is 76.6. The van der Waals surface area contributed by atoms with Crippen molar-refractivity contribution in [1.82, 2.24) is 0 Å². The molecule has 726 valence electrons. The molecule has 0 aliphatic carbocycles. The van der Waals surface area contributed by atoms with Gasteiger partial charge in [0.05, 0.1) is 52.9 Å². The Labute approximate surface area is 757 Å². The minimum atomic E-state index is -2.48. The minimum absolute atomic E-state index is 0.181. The van der Waals surface area contributed by atoms with E-state index >= 15 is 0 Å². The van der Waals surface area contributed by atoms with Crippen molar-refractivity contribution in [2.24, 2.45) is 22.7 Å². The van der Waals surface area contributed by atoms with E-state index in [1.807, 2.05) is 0 Å². The highest BCUT2D eigenvalue weighted by atomic mass is 28.5. The van der Waals surface area contributed by atoms with Gasteiger partial charge in [-0.05, 0) is 347 Å². The van der Waals surface area contributed by atoms with E-state index in [0.717, 1.165) is 49.1 Å². The summed E-state index contributed by atoms with van der Waals surface area (Å²) in [6.07, 6.45) is -1.94. The largest absolute Gasteiger partial charge is 0.437 e. The summed E-state index contributed by atoms with van der Waals surface area (Å²) < 4.78 is 116. The lowest BCUT2D eigenvalue weighted by molar-refractivity contribution is -0.131. The summed E-state index contributed by atoms with van der Waals surface area (Å²) in [4.78, 5) is 0. The van der Waals surface area contributed by atoms with Crippen LogP contribution in [0, 0.1) is 22.7 Å². The zero-order valence-electron chi connectivity index (χ0n) is 86.8. The van der Waals surface area contributed by atoms with E-state index < -0.39 is 188 Å². The minimum Gasteiger partial charge on any atom is -0.437 e. The normalized spacial score (nSPS) is 16.8. The van der Waals surface area contributed by atoms with Gasteiger partial charge in [-0.1, -0.05) is 41.5 Å². The topological polar surface area (TPSA) is 288 Å². The predicted octanol–water partition coefficient (Wildman–Crippen LogP) is 20.0. The van der Waals surface area contributed by atoms with Gasteiger partial charge in [-0.2, -0.15) is 0 Å². The van der Waals surface area contributed by atoms with Gasteiger partial charge in [0.25, 0.3) is 0 Å². The molecule has 0 aliphatic heterocycles. The van der Waals surface area contributed by atoms with Crippen LogP contribution < -0.4 is 0 Å². The first-order valence-electron chi connectivity index (χ1n) is 44.7. The summed E-state index contributed by atoms with van der Waals surface area (Å²) in [6, 6.07) is 5.09. The van der Waals surface area contributed by atoms with Gasteiger partial charge < -0.3 is 108 Å². The van der Waals surface area contributed by atoms with Crippen molar-refractivity contribution >= 4 is 151 Å². The van der Waals surface area contributed by atoms with Crippen LogP contribution in [0.2, 0.25) is 311 Å². The first kappa shape index (κ1) is 127. The third kappa shape index (κ3) is 68.9. The maximum atomic E-state index is 10.3. The van der Waals surface area contributed by atoms with Crippen LogP contribution in [0.5, 0.6) is 0 Å². The Bertz CT molecular complexity index is 2510. The summed E-state index contributed by atoms with van der Waals surface area (Å²) in [7, 11) is -35.7. The van der Waals surface area contributed by atoms with Crippen LogP contribution in [0.15, 0.2) is 0 Å². The molecular formula is C78H198O24Si18. The lowest BCUT2D eigenvalue weighted by atomic mass is 9.97. The van der Waals surface area contributed by atoms with Crippen LogP contribution in [-0.2, 0) is 77.8 Å². The summed E-state index contributed by atoms with van der Waals surface area (Å²) in [5.74, 6) is 0.363. The molecule has 0 bridgehead atoms. The van der Waals surface area contributed by atoms with E-state index in [1.165, 1.54) is 0 Å². The lowest BCUT2D eigenvalue weighted by Crippen LogP contribution is -2.55. The Morgan fingerprint density at radius 1 is 0.233 bits per heavy atom. The van der Waals surface area contributed by atoms with Gasteiger partial charge in [-0.3, -0.25) is 0 Å². The molecule has 0 rings (SSSR count). The third-order valence-electron chi connectivity index (χ3n) is 16.8. The van der Waals surface area contributed by atoms with E-state index in [-0.39, 0.29) is 62.3 Å². The molecule has 0 fully saturated rings. The summed E-state index contributed by atoms with van der Waals surface area (Å²) in [6.45, 7) is 107. The molecule has 0 saturated heterocycles. The maximum Gasteiger partial charge on any atom is 0.315 e. The standard InChI is InChI=1S/C28H70O8Si6.C26H66O8Si6.C24H62O8Si6/c1-27(2,23-41(17,33-37(5,6)7)34-38(8,9)10)21-31-25(19-29)26(20-30)32-22-28(3,4)24-42(18,35-39(11,12)13)36-40(14,15)16;1-23(21-39(15,31-35(3,4)5)32-36(6,7)8)19-29-25(17-27)26(18-28)30-20-24(2)22-40(16,33-37(9,10)11)34-38(12,13)14;1-33(2,3)29-37(11,12)31-35(7,8)19-15-17-27-23(21-25)24(22-26)28-18-16-20-36(9,10)32-38(13,14)30-34(4,5)6/h25-26,29-30H,19-24H2,1-18H3;23-28H,17-22H2,1-16H3;23-26H,15-22H2,1-14H3/t25-,26+;23?,24?,25-,26+;23-,24+. The zero-order chi connectivity index (χ0) is 95.5. The molecular weight excluding hydrogens is 1830 g/mol. The first-order chi connectivity index (χ1) is 53.0. The highest BCUT2D eigenvalue weighted by Crippen LogP contribution is 2.39. The van der Waals surface area contributed by atoms with Crippen molar-refractivity contribution in [2.75, 3.05) is 79.3 Å². The van der Waals surface area contributed by atoms with Gasteiger partial charge in [-0.15, -0.1) is 0 Å². The molecule has 0 aromatic rings. The molecule has 0 spiro atoms. The second-order valence-corrected chi connectivity index (χ2v) is 124. The Hall–Kier alpha value is 2.94. The van der Waals surface area contributed by atoms with Gasteiger partial charge in [0, 0.05) is 26.4 Å². The van der Waals surface area contributed by atoms with E-state index in [1.54, 1.807) is 0 Å². The molecule has 0 heterocycles. The Morgan fingerprint density at radius 2 is 0.417 bits per heavy atom. The molecule has 0 radical (unpaired) electrons. The Morgan fingerprint density at radius 3 is 0.608 bits per heavy atom. The second kappa shape index (κ2) is 52.1. The van der Waals surface area contributed by atoms with Crippen molar-refractivity contribution in [2.45, 2.75) is 402 Å². The van der Waals surface area contributed by atoms with Gasteiger partial charge in [0.15, 0.2) is 99.8 Å². The first-order valence-corrected chi connectivity index (χ1v) is 101. The fraction of sp³-hybridized carbons (Fsp3) is 1.00. The van der Waals surface area contributed by atoms with Crippen LogP contribution in [0.4, 0.5) is 0 Å². The van der Waals surface area contributed by atoms with Crippen LogP contribution in [0.3, 0.4) is 0 Å².